The molecule has 0 aromatic heterocycles. The first-order valence-electron chi connectivity index (χ1n) is 9.16. The number of amides is 1. The average Bonchev–Trinajstić information content (AvgIpc) is 2.51. The lowest BCUT2D eigenvalue weighted by molar-refractivity contribution is 0.0197. The first-order valence-corrected chi connectivity index (χ1v) is 9.16. The summed E-state index contributed by atoms with van der Waals surface area (Å²) in [6.07, 6.45) is 6.32. The average molecular weight is 345 g/mol. The van der Waals surface area contributed by atoms with E-state index in [1.165, 1.54) is 0 Å². The van der Waals surface area contributed by atoms with E-state index in [4.69, 9.17) is 9.47 Å². The van der Waals surface area contributed by atoms with Gasteiger partial charge in [-0.15, -0.1) is 0 Å². The summed E-state index contributed by atoms with van der Waals surface area (Å²) in [5.41, 5.74) is 0.712. The molecular weight excluding hydrogens is 314 g/mol. The third-order valence-electron chi connectivity index (χ3n) is 3.98. The van der Waals surface area contributed by atoms with Crippen LogP contribution in [0.4, 0.5) is 4.79 Å². The van der Waals surface area contributed by atoms with Crippen LogP contribution in [0.1, 0.15) is 53.0 Å². The van der Waals surface area contributed by atoms with Crippen molar-refractivity contribution in [1.82, 2.24) is 4.90 Å². The molecule has 0 unspecified atom stereocenters. The summed E-state index contributed by atoms with van der Waals surface area (Å²) in [4.78, 5) is 13.9. The Bertz CT molecular complexity index is 593. The Morgan fingerprint density at radius 2 is 1.92 bits per heavy atom. The molecule has 0 bridgehead atoms. The molecule has 1 aliphatic rings. The van der Waals surface area contributed by atoms with Crippen molar-refractivity contribution < 1.29 is 14.3 Å². The first kappa shape index (κ1) is 19.4. The fourth-order valence-corrected chi connectivity index (χ4v) is 2.81. The van der Waals surface area contributed by atoms with Crippen molar-refractivity contribution in [2.45, 2.75) is 59.2 Å². The Labute approximate surface area is 151 Å². The second-order valence-corrected chi connectivity index (χ2v) is 7.90. The van der Waals surface area contributed by atoms with Gasteiger partial charge in [0.25, 0.3) is 0 Å². The summed E-state index contributed by atoms with van der Waals surface area (Å²) in [7, 11) is 0. The SMILES string of the molecule is CC(C)Oc1cccc(/C=C/C2CCN(C(=O)OC(C)(C)C)CC2)c1. The van der Waals surface area contributed by atoms with Crippen molar-refractivity contribution in [1.29, 1.82) is 0 Å². The molecule has 0 spiro atoms. The molecule has 2 rings (SSSR count). The number of carbonyl (C=O) groups is 1. The van der Waals surface area contributed by atoms with E-state index >= 15 is 0 Å². The molecule has 0 N–H and O–H groups in total. The van der Waals surface area contributed by atoms with E-state index in [0.29, 0.717) is 5.92 Å². The zero-order valence-electron chi connectivity index (χ0n) is 16.1. The van der Waals surface area contributed by atoms with E-state index in [2.05, 4.69) is 24.3 Å². The van der Waals surface area contributed by atoms with E-state index in [0.717, 1.165) is 37.2 Å². The maximum absolute atomic E-state index is 12.1. The van der Waals surface area contributed by atoms with Gasteiger partial charge in [0.1, 0.15) is 11.4 Å². The zero-order chi connectivity index (χ0) is 18.4. The largest absolute Gasteiger partial charge is 0.491 e. The number of piperidine rings is 1. The molecule has 1 amide bonds. The molecule has 4 nitrogen and oxygen atoms in total. The molecule has 1 saturated heterocycles. The number of benzene rings is 1. The summed E-state index contributed by atoms with van der Waals surface area (Å²) in [6.45, 7) is 11.3. The maximum Gasteiger partial charge on any atom is 0.410 e. The van der Waals surface area contributed by atoms with E-state index in [-0.39, 0.29) is 12.2 Å². The molecule has 4 heteroatoms. The van der Waals surface area contributed by atoms with Gasteiger partial charge in [-0.2, -0.15) is 0 Å². The topological polar surface area (TPSA) is 38.8 Å². The van der Waals surface area contributed by atoms with Crippen LogP contribution in [0.15, 0.2) is 30.3 Å². The van der Waals surface area contributed by atoms with Gasteiger partial charge in [-0.3, -0.25) is 0 Å². The lowest BCUT2D eigenvalue weighted by Crippen LogP contribution is -2.41. The van der Waals surface area contributed by atoms with Crippen molar-refractivity contribution in [2.75, 3.05) is 13.1 Å². The molecule has 1 aromatic carbocycles. The van der Waals surface area contributed by atoms with Gasteiger partial charge in [-0.25, -0.2) is 4.79 Å². The normalized spacial score (nSPS) is 16.5. The number of allylic oxidation sites excluding steroid dienone is 1. The number of nitrogens with zero attached hydrogens (tertiary/aromatic N) is 1. The minimum Gasteiger partial charge on any atom is -0.491 e. The highest BCUT2D eigenvalue weighted by atomic mass is 16.6. The second kappa shape index (κ2) is 8.41. The summed E-state index contributed by atoms with van der Waals surface area (Å²) < 4.78 is 11.2. The Hall–Kier alpha value is -1.97. The van der Waals surface area contributed by atoms with E-state index < -0.39 is 5.60 Å². The Morgan fingerprint density at radius 3 is 2.52 bits per heavy atom. The van der Waals surface area contributed by atoms with Gasteiger partial charge in [0.2, 0.25) is 0 Å². The van der Waals surface area contributed by atoms with Gasteiger partial charge in [0, 0.05) is 13.1 Å². The Morgan fingerprint density at radius 1 is 1.24 bits per heavy atom. The Balaban J connectivity index is 1.85. The fraction of sp³-hybridized carbons (Fsp3) is 0.571. The first-order chi connectivity index (χ1) is 11.7. The van der Waals surface area contributed by atoms with Crippen molar-refractivity contribution in [3.63, 3.8) is 0 Å². The third-order valence-corrected chi connectivity index (χ3v) is 3.98. The highest BCUT2D eigenvalue weighted by Crippen LogP contribution is 2.22. The van der Waals surface area contributed by atoms with Crippen LogP contribution in [0, 0.1) is 5.92 Å². The van der Waals surface area contributed by atoms with Crippen LogP contribution in [0.2, 0.25) is 0 Å². The Kier molecular flexibility index (Phi) is 6.51. The van der Waals surface area contributed by atoms with Crippen LogP contribution in [0.25, 0.3) is 6.08 Å². The monoisotopic (exact) mass is 345 g/mol. The van der Waals surface area contributed by atoms with Crippen LogP contribution in [-0.4, -0.2) is 35.8 Å². The standard InChI is InChI=1S/C21H31NO3/c1-16(2)24-19-8-6-7-18(15-19)10-9-17-11-13-22(14-12-17)20(23)25-21(3,4)5/h6-10,15-17H,11-14H2,1-5H3/b10-9+. The minimum absolute atomic E-state index is 0.177. The van der Waals surface area contributed by atoms with E-state index in [1.54, 1.807) is 0 Å². The lowest BCUT2D eigenvalue weighted by Gasteiger charge is -2.32. The van der Waals surface area contributed by atoms with Gasteiger partial charge in [-0.05, 0) is 71.1 Å². The van der Waals surface area contributed by atoms with E-state index in [9.17, 15) is 4.79 Å². The summed E-state index contributed by atoms with van der Waals surface area (Å²) in [5, 5.41) is 0. The molecule has 138 valence electrons. The fourth-order valence-electron chi connectivity index (χ4n) is 2.81. The molecule has 0 aliphatic carbocycles. The molecule has 0 radical (unpaired) electrons. The molecule has 1 aliphatic heterocycles. The zero-order valence-corrected chi connectivity index (χ0v) is 16.1. The highest BCUT2D eigenvalue weighted by molar-refractivity contribution is 5.68. The predicted octanol–water partition coefficient (Wildman–Crippen LogP) is 5.13. The molecule has 1 aromatic rings. The van der Waals surface area contributed by atoms with Crippen molar-refractivity contribution in [3.05, 3.63) is 35.9 Å². The van der Waals surface area contributed by atoms with Gasteiger partial charge in [0.05, 0.1) is 6.10 Å². The molecule has 1 fully saturated rings. The number of hydrogen-bond donors (Lipinski definition) is 0. The number of hydrogen-bond acceptors (Lipinski definition) is 3. The predicted molar refractivity (Wildman–Crippen MR) is 102 cm³/mol. The maximum atomic E-state index is 12.1. The van der Waals surface area contributed by atoms with Crippen LogP contribution >= 0.6 is 0 Å². The molecule has 0 atom stereocenters. The number of rotatable bonds is 4. The van der Waals surface area contributed by atoms with Crippen LogP contribution in [0.5, 0.6) is 5.75 Å². The second-order valence-electron chi connectivity index (χ2n) is 7.90. The summed E-state index contributed by atoms with van der Waals surface area (Å²) >= 11 is 0. The van der Waals surface area contributed by atoms with Crippen molar-refractivity contribution >= 4 is 12.2 Å². The quantitative estimate of drug-likeness (QED) is 0.759. The third kappa shape index (κ3) is 6.81. The number of carbonyl (C=O) groups excluding carboxylic acids is 1. The van der Waals surface area contributed by atoms with E-state index in [1.807, 2.05) is 51.7 Å². The molecular formula is C21H31NO3. The van der Waals surface area contributed by atoms with Crippen LogP contribution < -0.4 is 4.74 Å². The lowest BCUT2D eigenvalue weighted by atomic mass is 9.96. The van der Waals surface area contributed by atoms with Gasteiger partial charge >= 0.3 is 6.09 Å². The van der Waals surface area contributed by atoms with Gasteiger partial charge < -0.3 is 14.4 Å². The number of likely N-dealkylation sites (tertiary alicyclic amines) is 1. The smallest absolute Gasteiger partial charge is 0.410 e. The molecule has 0 saturated carbocycles. The highest BCUT2D eigenvalue weighted by Gasteiger charge is 2.25. The minimum atomic E-state index is -0.434. The number of ether oxygens (including phenoxy) is 2. The van der Waals surface area contributed by atoms with Gasteiger partial charge in [-0.1, -0.05) is 24.3 Å². The van der Waals surface area contributed by atoms with Crippen molar-refractivity contribution in [3.8, 4) is 5.75 Å². The van der Waals surface area contributed by atoms with Crippen LogP contribution in [-0.2, 0) is 4.74 Å². The van der Waals surface area contributed by atoms with Gasteiger partial charge in [0.15, 0.2) is 0 Å². The molecule has 25 heavy (non-hydrogen) atoms. The molecule has 1 heterocycles. The summed E-state index contributed by atoms with van der Waals surface area (Å²) in [5.74, 6) is 1.39. The van der Waals surface area contributed by atoms with Crippen molar-refractivity contribution in [2.24, 2.45) is 5.92 Å². The summed E-state index contributed by atoms with van der Waals surface area (Å²) in [6, 6.07) is 8.14. The van der Waals surface area contributed by atoms with Crippen LogP contribution in [0.3, 0.4) is 0 Å².